The van der Waals surface area contributed by atoms with Crippen LogP contribution in [0.25, 0.3) is 0 Å². The molecular weight excluding hydrogens is 267 g/mol. The average molecular weight is 288 g/mol. The first kappa shape index (κ1) is 13.1. The zero-order chi connectivity index (χ0) is 14.4. The summed E-state index contributed by atoms with van der Waals surface area (Å²) in [5, 5.41) is 0. The number of halogens is 1. The third kappa shape index (κ3) is 1.80. The Morgan fingerprint density at radius 1 is 1.24 bits per heavy atom. The number of guanidine groups is 1. The molecule has 21 heavy (non-hydrogen) atoms. The van der Waals surface area contributed by atoms with E-state index in [-0.39, 0.29) is 11.4 Å². The predicted molar refractivity (Wildman–Crippen MR) is 81.9 cm³/mol. The highest BCUT2D eigenvalue weighted by Gasteiger charge is 2.55. The van der Waals surface area contributed by atoms with Gasteiger partial charge in [0, 0.05) is 12.6 Å². The fourth-order valence-corrected chi connectivity index (χ4v) is 4.40. The molecule has 4 nitrogen and oxygen atoms in total. The Kier molecular flexibility index (Phi) is 2.92. The lowest BCUT2D eigenvalue weighted by Crippen LogP contribution is -2.60. The lowest BCUT2D eigenvalue weighted by Gasteiger charge is -2.44. The Balaban J connectivity index is 1.77. The molecule has 4 rings (SSSR count). The second-order valence-corrected chi connectivity index (χ2v) is 6.36. The van der Waals surface area contributed by atoms with Crippen molar-refractivity contribution >= 4 is 11.6 Å². The minimum atomic E-state index is -0.216. The minimum Gasteiger partial charge on any atom is -0.369 e. The summed E-state index contributed by atoms with van der Waals surface area (Å²) in [6, 6.07) is 7.34. The Morgan fingerprint density at radius 2 is 2.10 bits per heavy atom. The number of para-hydroxylation sites is 1. The number of anilines is 1. The highest BCUT2D eigenvalue weighted by Crippen LogP contribution is 2.44. The summed E-state index contributed by atoms with van der Waals surface area (Å²) in [7, 11) is 0. The normalized spacial score (nSPS) is 32.5. The van der Waals surface area contributed by atoms with Crippen molar-refractivity contribution in [1.82, 2.24) is 4.90 Å². The van der Waals surface area contributed by atoms with Crippen LogP contribution in [0.1, 0.15) is 25.7 Å². The highest BCUT2D eigenvalue weighted by atomic mass is 19.1. The van der Waals surface area contributed by atoms with Crippen LogP contribution in [0.15, 0.2) is 29.3 Å². The molecule has 1 aromatic rings. The quantitative estimate of drug-likeness (QED) is 0.859. The highest BCUT2D eigenvalue weighted by molar-refractivity contribution is 5.98. The zero-order valence-corrected chi connectivity index (χ0v) is 12.1. The molecule has 1 spiro atoms. The third-order valence-electron chi connectivity index (χ3n) is 5.35. The fraction of sp³-hybridized carbons (Fsp3) is 0.562. The molecule has 2 unspecified atom stereocenters. The monoisotopic (exact) mass is 288 g/mol. The van der Waals surface area contributed by atoms with Gasteiger partial charge in [0.05, 0.1) is 17.8 Å². The van der Waals surface area contributed by atoms with Crippen LogP contribution < -0.4 is 10.6 Å². The molecule has 0 bridgehead atoms. The number of nitrogens with two attached hydrogens (primary N) is 1. The molecule has 1 aromatic carbocycles. The van der Waals surface area contributed by atoms with Crippen LogP contribution in [0.2, 0.25) is 0 Å². The van der Waals surface area contributed by atoms with E-state index in [2.05, 4.69) is 9.89 Å². The molecule has 112 valence electrons. The lowest BCUT2D eigenvalue weighted by atomic mass is 9.84. The summed E-state index contributed by atoms with van der Waals surface area (Å²) in [4.78, 5) is 9.02. The van der Waals surface area contributed by atoms with Crippen molar-refractivity contribution in [2.75, 3.05) is 24.5 Å². The van der Waals surface area contributed by atoms with Crippen molar-refractivity contribution in [2.45, 2.75) is 37.3 Å². The molecule has 3 heterocycles. The van der Waals surface area contributed by atoms with E-state index in [1.807, 2.05) is 17.0 Å². The van der Waals surface area contributed by atoms with Gasteiger partial charge in [0.25, 0.3) is 0 Å². The smallest absolute Gasteiger partial charge is 0.196 e. The first-order valence-corrected chi connectivity index (χ1v) is 7.81. The van der Waals surface area contributed by atoms with Gasteiger partial charge < -0.3 is 10.6 Å². The Bertz CT molecular complexity index is 587. The van der Waals surface area contributed by atoms with E-state index in [1.165, 1.54) is 18.9 Å². The van der Waals surface area contributed by atoms with E-state index >= 15 is 0 Å². The molecular formula is C16H21FN4. The molecule has 2 N–H and O–H groups in total. The van der Waals surface area contributed by atoms with Crippen molar-refractivity contribution in [3.8, 4) is 0 Å². The van der Waals surface area contributed by atoms with Gasteiger partial charge in [-0.15, -0.1) is 0 Å². The molecule has 0 aliphatic carbocycles. The Labute approximate surface area is 124 Å². The van der Waals surface area contributed by atoms with Gasteiger partial charge >= 0.3 is 0 Å². The molecule has 0 amide bonds. The Morgan fingerprint density at radius 3 is 2.95 bits per heavy atom. The van der Waals surface area contributed by atoms with Crippen LogP contribution in [0.4, 0.5) is 10.1 Å². The number of nitrogens with zero attached hydrogens (tertiary/aromatic N) is 3. The van der Waals surface area contributed by atoms with E-state index in [0.29, 0.717) is 24.2 Å². The van der Waals surface area contributed by atoms with Crippen molar-refractivity contribution in [3.05, 3.63) is 30.1 Å². The van der Waals surface area contributed by atoms with E-state index in [1.54, 1.807) is 6.07 Å². The maximum atomic E-state index is 14.3. The van der Waals surface area contributed by atoms with Gasteiger partial charge in [-0.05, 0) is 37.9 Å². The van der Waals surface area contributed by atoms with Crippen LogP contribution in [0, 0.1) is 5.82 Å². The minimum absolute atomic E-state index is 0.146. The third-order valence-corrected chi connectivity index (χ3v) is 5.35. The largest absolute Gasteiger partial charge is 0.369 e. The van der Waals surface area contributed by atoms with E-state index in [4.69, 9.17) is 5.73 Å². The molecule has 5 heteroatoms. The van der Waals surface area contributed by atoms with Gasteiger partial charge in [-0.3, -0.25) is 9.89 Å². The van der Waals surface area contributed by atoms with Crippen LogP contribution in [-0.4, -0.2) is 42.1 Å². The summed E-state index contributed by atoms with van der Waals surface area (Å²) in [6.45, 7) is 2.91. The SMILES string of the molecule is NC1=NCC2(CCN3CCCCC32)N1c1ccccc1F. The molecule has 2 fully saturated rings. The van der Waals surface area contributed by atoms with Gasteiger partial charge in [0.15, 0.2) is 5.96 Å². The van der Waals surface area contributed by atoms with Crippen molar-refractivity contribution in [3.63, 3.8) is 0 Å². The summed E-state index contributed by atoms with van der Waals surface area (Å²) in [5.41, 5.74) is 6.57. The maximum Gasteiger partial charge on any atom is 0.196 e. The number of fused-ring (bicyclic) bond motifs is 2. The molecule has 3 aliphatic rings. The van der Waals surface area contributed by atoms with E-state index < -0.39 is 0 Å². The van der Waals surface area contributed by atoms with Gasteiger partial charge in [-0.1, -0.05) is 18.6 Å². The van der Waals surface area contributed by atoms with Crippen molar-refractivity contribution in [1.29, 1.82) is 0 Å². The summed E-state index contributed by atoms with van der Waals surface area (Å²) < 4.78 is 14.3. The molecule has 3 aliphatic heterocycles. The van der Waals surface area contributed by atoms with Crippen LogP contribution in [-0.2, 0) is 0 Å². The molecule has 2 atom stereocenters. The standard InChI is InChI=1S/C16H21FN4/c17-12-5-1-2-6-13(12)21-15(18)19-11-16(21)8-10-20-9-4-3-7-14(16)20/h1-2,5-6,14H,3-4,7-11H2,(H2,18,19). The van der Waals surface area contributed by atoms with Gasteiger partial charge in [-0.25, -0.2) is 4.39 Å². The molecule has 0 aromatic heterocycles. The molecule has 0 radical (unpaired) electrons. The van der Waals surface area contributed by atoms with Crippen molar-refractivity contribution in [2.24, 2.45) is 10.7 Å². The zero-order valence-electron chi connectivity index (χ0n) is 12.1. The van der Waals surface area contributed by atoms with Gasteiger partial charge in [0.2, 0.25) is 0 Å². The lowest BCUT2D eigenvalue weighted by molar-refractivity contribution is 0.163. The number of piperidine rings is 1. The second-order valence-electron chi connectivity index (χ2n) is 6.36. The van der Waals surface area contributed by atoms with Crippen molar-refractivity contribution < 1.29 is 4.39 Å². The van der Waals surface area contributed by atoms with Crippen LogP contribution >= 0.6 is 0 Å². The first-order valence-electron chi connectivity index (χ1n) is 7.81. The Hall–Kier alpha value is -1.62. The number of hydrogen-bond acceptors (Lipinski definition) is 4. The predicted octanol–water partition coefficient (Wildman–Crippen LogP) is 1.96. The van der Waals surface area contributed by atoms with E-state index in [0.717, 1.165) is 25.9 Å². The summed E-state index contributed by atoms with van der Waals surface area (Å²) in [6.07, 6.45) is 4.68. The molecule has 0 saturated carbocycles. The fourth-order valence-electron chi connectivity index (χ4n) is 4.40. The van der Waals surface area contributed by atoms with Crippen LogP contribution in [0.3, 0.4) is 0 Å². The molecule has 2 saturated heterocycles. The number of hydrogen-bond donors (Lipinski definition) is 1. The summed E-state index contributed by atoms with van der Waals surface area (Å²) in [5.74, 6) is 0.249. The topological polar surface area (TPSA) is 44.9 Å². The number of rotatable bonds is 1. The first-order chi connectivity index (χ1) is 10.2. The average Bonchev–Trinajstić information content (AvgIpc) is 3.03. The number of aliphatic imine (C=N–C) groups is 1. The summed E-state index contributed by atoms with van der Waals surface area (Å²) >= 11 is 0. The number of benzene rings is 1. The van der Waals surface area contributed by atoms with Crippen LogP contribution in [0.5, 0.6) is 0 Å². The van der Waals surface area contributed by atoms with Gasteiger partial charge in [-0.2, -0.15) is 0 Å². The second kappa shape index (κ2) is 4.70. The maximum absolute atomic E-state index is 14.3. The van der Waals surface area contributed by atoms with E-state index in [9.17, 15) is 4.39 Å². The van der Waals surface area contributed by atoms with Gasteiger partial charge in [0.1, 0.15) is 5.82 Å².